The summed E-state index contributed by atoms with van der Waals surface area (Å²) in [7, 11) is 0. The van der Waals surface area contributed by atoms with Gasteiger partial charge in [-0.2, -0.15) is 0 Å². The quantitative estimate of drug-likeness (QED) is 0.480. The van der Waals surface area contributed by atoms with E-state index >= 15 is 0 Å². The van der Waals surface area contributed by atoms with Crippen molar-refractivity contribution in [3.63, 3.8) is 0 Å². The maximum atomic E-state index is 12.4. The van der Waals surface area contributed by atoms with Gasteiger partial charge in [-0.15, -0.1) is 11.8 Å². The number of fused-ring (bicyclic) bond motifs is 1. The fraction of sp³-hybridized carbons (Fsp3) is 0.0909. The van der Waals surface area contributed by atoms with E-state index in [9.17, 15) is 4.79 Å². The summed E-state index contributed by atoms with van der Waals surface area (Å²) in [5.74, 6) is 1.42. The number of hydrogen-bond donors (Lipinski definition) is 1. The second-order valence-electron chi connectivity index (χ2n) is 6.08. The summed E-state index contributed by atoms with van der Waals surface area (Å²) in [6, 6.07) is 21.5. The van der Waals surface area contributed by atoms with E-state index < -0.39 is 0 Å². The van der Waals surface area contributed by atoms with Gasteiger partial charge in [-0.25, -0.2) is 0 Å². The maximum absolute atomic E-state index is 12.4. The number of amides is 1. The highest BCUT2D eigenvalue weighted by atomic mass is 32.2. The van der Waals surface area contributed by atoms with Crippen molar-refractivity contribution in [3.8, 4) is 0 Å². The molecular weight excluding hydrogens is 356 g/mol. The minimum absolute atomic E-state index is 0.104. The monoisotopic (exact) mass is 374 g/mol. The van der Waals surface area contributed by atoms with Gasteiger partial charge in [0.15, 0.2) is 0 Å². The van der Waals surface area contributed by atoms with Gasteiger partial charge in [0.25, 0.3) is 5.91 Å². The van der Waals surface area contributed by atoms with Crippen molar-refractivity contribution in [1.82, 2.24) is 10.3 Å². The lowest BCUT2D eigenvalue weighted by Gasteiger charge is -2.08. The largest absolute Gasteiger partial charge is 0.467 e. The second-order valence-corrected chi connectivity index (χ2v) is 7.09. The Morgan fingerprint density at radius 2 is 1.96 bits per heavy atom. The number of benzene rings is 2. The van der Waals surface area contributed by atoms with Crippen LogP contribution >= 0.6 is 11.8 Å². The highest BCUT2D eigenvalue weighted by Gasteiger charge is 2.08. The van der Waals surface area contributed by atoms with E-state index in [-0.39, 0.29) is 5.91 Å². The fourth-order valence-corrected chi connectivity index (χ4v) is 3.83. The average molecular weight is 374 g/mol. The number of pyridine rings is 1. The number of nitrogens with zero attached hydrogens (tertiary/aromatic N) is 1. The Balaban J connectivity index is 1.44. The van der Waals surface area contributed by atoms with Crippen LogP contribution in [0.1, 0.15) is 21.7 Å². The number of furan rings is 1. The van der Waals surface area contributed by atoms with Gasteiger partial charge in [-0.3, -0.25) is 9.78 Å². The summed E-state index contributed by atoms with van der Waals surface area (Å²) in [6.07, 6.45) is 3.44. The van der Waals surface area contributed by atoms with Crippen LogP contribution in [-0.2, 0) is 12.3 Å². The summed E-state index contributed by atoms with van der Waals surface area (Å²) >= 11 is 1.75. The summed E-state index contributed by atoms with van der Waals surface area (Å²) in [4.78, 5) is 18.0. The molecule has 0 atom stereocenters. The van der Waals surface area contributed by atoms with Crippen molar-refractivity contribution >= 4 is 28.6 Å². The van der Waals surface area contributed by atoms with Gasteiger partial charge in [0.1, 0.15) is 5.76 Å². The topological polar surface area (TPSA) is 55.1 Å². The number of thioether (sulfide) groups is 1. The molecule has 0 bridgehead atoms. The summed E-state index contributed by atoms with van der Waals surface area (Å²) in [5, 5.41) is 4.03. The lowest BCUT2D eigenvalue weighted by atomic mass is 10.1. The van der Waals surface area contributed by atoms with Gasteiger partial charge in [0.2, 0.25) is 0 Å². The number of hydrogen-bond acceptors (Lipinski definition) is 4. The number of carbonyl (C=O) groups excluding carboxylic acids is 1. The molecule has 0 spiro atoms. The van der Waals surface area contributed by atoms with Gasteiger partial charge in [-0.05, 0) is 42.0 Å². The van der Waals surface area contributed by atoms with Crippen LogP contribution in [0.5, 0.6) is 0 Å². The normalized spacial score (nSPS) is 10.8. The van der Waals surface area contributed by atoms with Crippen LogP contribution in [0.15, 0.2) is 88.5 Å². The van der Waals surface area contributed by atoms with E-state index in [0.29, 0.717) is 12.1 Å². The van der Waals surface area contributed by atoms with Gasteiger partial charge in [0, 0.05) is 27.8 Å². The van der Waals surface area contributed by atoms with E-state index in [2.05, 4.69) is 16.4 Å². The molecule has 0 aliphatic heterocycles. The van der Waals surface area contributed by atoms with Crippen LogP contribution in [0.25, 0.3) is 10.9 Å². The number of carbonyl (C=O) groups is 1. The number of aromatic nitrogens is 1. The Bertz CT molecular complexity index is 1060. The van der Waals surface area contributed by atoms with Crippen molar-refractivity contribution in [1.29, 1.82) is 0 Å². The average Bonchev–Trinajstić information content (AvgIpc) is 3.24. The molecule has 1 amide bonds. The number of nitrogens with one attached hydrogen (secondary N) is 1. The second kappa shape index (κ2) is 8.10. The molecule has 4 nitrogen and oxygen atoms in total. The zero-order chi connectivity index (χ0) is 18.5. The van der Waals surface area contributed by atoms with Crippen LogP contribution in [0, 0.1) is 0 Å². The molecule has 4 aromatic rings. The number of para-hydroxylation sites is 1. The van der Waals surface area contributed by atoms with Crippen molar-refractivity contribution in [2.24, 2.45) is 0 Å². The first kappa shape index (κ1) is 17.4. The molecule has 27 heavy (non-hydrogen) atoms. The lowest BCUT2D eigenvalue weighted by Crippen LogP contribution is -2.22. The predicted molar refractivity (Wildman–Crippen MR) is 108 cm³/mol. The minimum Gasteiger partial charge on any atom is -0.467 e. The number of rotatable bonds is 6. The van der Waals surface area contributed by atoms with Gasteiger partial charge in [0.05, 0.1) is 18.3 Å². The summed E-state index contributed by atoms with van der Waals surface area (Å²) < 4.78 is 5.24. The van der Waals surface area contributed by atoms with Crippen molar-refractivity contribution < 1.29 is 9.21 Å². The molecule has 0 fully saturated rings. The summed E-state index contributed by atoms with van der Waals surface area (Å²) in [6.45, 7) is 0.383. The van der Waals surface area contributed by atoms with Crippen molar-refractivity contribution in [2.75, 3.05) is 0 Å². The van der Waals surface area contributed by atoms with Crippen LogP contribution in [0.3, 0.4) is 0 Å². The Kier molecular flexibility index (Phi) is 5.21. The first-order chi connectivity index (χ1) is 13.3. The molecule has 0 aliphatic carbocycles. The van der Waals surface area contributed by atoms with E-state index in [1.54, 1.807) is 18.0 Å². The zero-order valence-electron chi connectivity index (χ0n) is 14.6. The molecular formula is C22H18N2O2S. The Labute approximate surface area is 161 Å². The third kappa shape index (κ3) is 4.20. The van der Waals surface area contributed by atoms with E-state index in [1.807, 2.05) is 66.9 Å². The van der Waals surface area contributed by atoms with E-state index in [1.165, 1.54) is 4.90 Å². The minimum atomic E-state index is -0.104. The fourth-order valence-electron chi connectivity index (χ4n) is 2.84. The lowest BCUT2D eigenvalue weighted by molar-refractivity contribution is 0.0948. The zero-order valence-corrected chi connectivity index (χ0v) is 15.4. The highest BCUT2D eigenvalue weighted by Crippen LogP contribution is 2.29. The molecule has 0 aliphatic rings. The van der Waals surface area contributed by atoms with Gasteiger partial charge in [-0.1, -0.05) is 30.3 Å². The standard InChI is InChI=1S/C22H18N2O2S/c25-22(24-14-18-7-4-12-26-18)17-6-3-5-16(13-17)15-27-21-10-11-23-20-9-2-1-8-19(20)21/h1-13H,14-15H2,(H,24,25). The molecule has 2 aromatic heterocycles. The molecule has 5 heteroatoms. The molecule has 0 saturated carbocycles. The molecule has 4 rings (SSSR count). The van der Waals surface area contributed by atoms with Gasteiger partial charge >= 0.3 is 0 Å². The first-order valence-corrected chi connectivity index (χ1v) is 9.64. The van der Waals surface area contributed by atoms with E-state index in [0.717, 1.165) is 28.0 Å². The molecule has 0 unspecified atom stereocenters. The van der Waals surface area contributed by atoms with Crippen LogP contribution < -0.4 is 5.32 Å². The predicted octanol–water partition coefficient (Wildman–Crippen LogP) is 5.05. The van der Waals surface area contributed by atoms with Crippen molar-refractivity contribution in [3.05, 3.63) is 96.1 Å². The SMILES string of the molecule is O=C(NCc1ccco1)c1cccc(CSc2ccnc3ccccc23)c1. The molecule has 1 N–H and O–H groups in total. The Hall–Kier alpha value is -3.05. The molecule has 134 valence electrons. The highest BCUT2D eigenvalue weighted by molar-refractivity contribution is 7.98. The molecule has 0 saturated heterocycles. The third-order valence-corrected chi connectivity index (χ3v) is 5.34. The Morgan fingerprint density at radius 3 is 2.85 bits per heavy atom. The van der Waals surface area contributed by atoms with Crippen LogP contribution in [-0.4, -0.2) is 10.9 Å². The van der Waals surface area contributed by atoms with Crippen LogP contribution in [0.4, 0.5) is 0 Å². The van der Waals surface area contributed by atoms with Crippen LogP contribution in [0.2, 0.25) is 0 Å². The summed E-state index contributed by atoms with van der Waals surface area (Å²) in [5.41, 5.74) is 2.75. The Morgan fingerprint density at radius 1 is 1.04 bits per heavy atom. The maximum Gasteiger partial charge on any atom is 0.251 e. The third-order valence-electron chi connectivity index (χ3n) is 4.20. The van der Waals surface area contributed by atoms with Crippen molar-refractivity contribution in [2.45, 2.75) is 17.2 Å². The van der Waals surface area contributed by atoms with Gasteiger partial charge < -0.3 is 9.73 Å². The molecule has 2 heterocycles. The first-order valence-electron chi connectivity index (χ1n) is 8.66. The van der Waals surface area contributed by atoms with E-state index in [4.69, 9.17) is 4.42 Å². The smallest absolute Gasteiger partial charge is 0.251 e. The molecule has 2 aromatic carbocycles. The molecule has 0 radical (unpaired) electrons.